The Morgan fingerprint density at radius 1 is 1.40 bits per heavy atom. The lowest BCUT2D eigenvalue weighted by molar-refractivity contribution is 0.0695. The van der Waals surface area contributed by atoms with E-state index in [4.69, 9.17) is 10.2 Å². The molecule has 0 atom stereocenters. The molecule has 0 amide bonds. The highest BCUT2D eigenvalue weighted by molar-refractivity contribution is 5.92. The van der Waals surface area contributed by atoms with Gasteiger partial charge in [-0.25, -0.2) is 4.79 Å². The minimum Gasteiger partial charge on any atom is -0.477 e. The number of benzene rings is 1. The van der Waals surface area contributed by atoms with E-state index in [1.807, 2.05) is 6.92 Å². The van der Waals surface area contributed by atoms with E-state index in [9.17, 15) is 9.59 Å². The van der Waals surface area contributed by atoms with Crippen LogP contribution in [0, 0.1) is 11.8 Å². The number of nitrogens with zero attached hydrogens (tertiary/aromatic N) is 1. The molecule has 0 aliphatic heterocycles. The van der Waals surface area contributed by atoms with Crippen molar-refractivity contribution in [3.63, 3.8) is 0 Å². The number of carboxylic acid groups (broad SMARTS) is 1. The minimum atomic E-state index is -1.24. The first-order valence-electron chi connectivity index (χ1n) is 6.08. The van der Waals surface area contributed by atoms with Crippen molar-refractivity contribution < 1.29 is 15.0 Å². The van der Waals surface area contributed by atoms with Gasteiger partial charge in [0.1, 0.15) is 12.2 Å². The van der Waals surface area contributed by atoms with Gasteiger partial charge in [0, 0.05) is 23.7 Å². The van der Waals surface area contributed by atoms with E-state index in [-0.39, 0.29) is 12.2 Å². The largest absolute Gasteiger partial charge is 0.477 e. The van der Waals surface area contributed by atoms with Gasteiger partial charge in [-0.1, -0.05) is 11.8 Å². The molecule has 0 radical (unpaired) electrons. The van der Waals surface area contributed by atoms with Gasteiger partial charge < -0.3 is 14.8 Å². The van der Waals surface area contributed by atoms with Gasteiger partial charge in [-0.3, -0.25) is 4.79 Å². The first-order valence-corrected chi connectivity index (χ1v) is 6.08. The van der Waals surface area contributed by atoms with Crippen LogP contribution in [0.15, 0.2) is 29.2 Å². The summed E-state index contributed by atoms with van der Waals surface area (Å²) >= 11 is 0. The number of hydrogen-bond donors (Lipinski definition) is 2. The molecule has 1 aromatic carbocycles. The number of pyridine rings is 1. The van der Waals surface area contributed by atoms with Crippen LogP contribution in [0.5, 0.6) is 0 Å². The fourth-order valence-corrected chi connectivity index (χ4v) is 2.03. The Bertz CT molecular complexity index is 793. The molecule has 0 saturated heterocycles. The summed E-state index contributed by atoms with van der Waals surface area (Å²) in [6.45, 7) is 2.15. The lowest BCUT2D eigenvalue weighted by Gasteiger charge is -2.10. The van der Waals surface area contributed by atoms with E-state index in [0.717, 1.165) is 0 Å². The van der Waals surface area contributed by atoms with Gasteiger partial charge in [0.2, 0.25) is 5.43 Å². The summed E-state index contributed by atoms with van der Waals surface area (Å²) in [6.07, 6.45) is 1.35. The van der Waals surface area contributed by atoms with Crippen LogP contribution in [0.3, 0.4) is 0 Å². The Kier molecular flexibility index (Phi) is 3.87. The summed E-state index contributed by atoms with van der Waals surface area (Å²) in [5, 5.41) is 18.1. The maximum absolute atomic E-state index is 12.2. The number of aromatic nitrogens is 1. The number of hydrogen-bond acceptors (Lipinski definition) is 3. The molecule has 2 rings (SSSR count). The minimum absolute atomic E-state index is 0.258. The maximum atomic E-state index is 12.2. The van der Waals surface area contributed by atoms with Crippen LogP contribution >= 0.6 is 0 Å². The second-order valence-corrected chi connectivity index (χ2v) is 4.15. The summed E-state index contributed by atoms with van der Waals surface area (Å²) in [5.41, 5.74) is 0.447. The highest BCUT2D eigenvalue weighted by Crippen LogP contribution is 2.14. The van der Waals surface area contributed by atoms with Crippen LogP contribution in [0.4, 0.5) is 0 Å². The number of carbonyl (C=O) groups is 1. The average molecular weight is 271 g/mol. The zero-order chi connectivity index (χ0) is 14.7. The predicted octanol–water partition coefficient (Wildman–Crippen LogP) is 1.06. The third kappa shape index (κ3) is 2.42. The molecule has 0 aliphatic rings. The van der Waals surface area contributed by atoms with Crippen molar-refractivity contribution >= 4 is 16.9 Å². The Morgan fingerprint density at radius 3 is 2.75 bits per heavy atom. The van der Waals surface area contributed by atoms with Crippen LogP contribution in [0.25, 0.3) is 10.9 Å². The van der Waals surface area contributed by atoms with E-state index in [1.165, 1.54) is 6.20 Å². The Hall–Kier alpha value is -2.58. The molecule has 5 nitrogen and oxygen atoms in total. The highest BCUT2D eigenvalue weighted by Gasteiger charge is 2.14. The Balaban J connectivity index is 2.81. The molecule has 1 heterocycles. The van der Waals surface area contributed by atoms with Gasteiger partial charge in [-0.15, -0.1) is 0 Å². The van der Waals surface area contributed by atoms with Crippen LogP contribution < -0.4 is 5.43 Å². The SMILES string of the molecule is CCn1cc(C(=O)O)c(=O)c2cc(C#CCO)ccc21. The topological polar surface area (TPSA) is 79.5 Å². The van der Waals surface area contributed by atoms with Crippen LogP contribution in [0.1, 0.15) is 22.8 Å². The quantitative estimate of drug-likeness (QED) is 0.800. The van der Waals surface area contributed by atoms with Crippen molar-refractivity contribution in [3.8, 4) is 11.8 Å². The smallest absolute Gasteiger partial charge is 0.341 e. The van der Waals surface area contributed by atoms with Gasteiger partial charge in [0.05, 0.1) is 5.52 Å². The fourth-order valence-electron chi connectivity index (χ4n) is 2.03. The standard InChI is InChI=1S/C15H13NO4/c1-2-16-9-12(15(19)20)14(18)11-8-10(4-3-7-17)5-6-13(11)16/h5-6,8-9,17H,2,7H2,1H3,(H,19,20). The molecule has 5 heteroatoms. The van der Waals surface area contributed by atoms with Crippen molar-refractivity contribution in [2.75, 3.05) is 6.61 Å². The molecule has 20 heavy (non-hydrogen) atoms. The molecule has 0 spiro atoms. The summed E-state index contributed by atoms with van der Waals surface area (Å²) in [5.74, 6) is 3.95. The van der Waals surface area contributed by atoms with Crippen molar-refractivity contribution in [3.05, 3.63) is 45.7 Å². The highest BCUT2D eigenvalue weighted by atomic mass is 16.4. The molecule has 102 valence electrons. The molecule has 0 fully saturated rings. The van der Waals surface area contributed by atoms with Crippen molar-refractivity contribution in [2.24, 2.45) is 0 Å². The molecule has 0 unspecified atom stereocenters. The molecule has 0 saturated carbocycles. The van der Waals surface area contributed by atoms with E-state index in [0.29, 0.717) is 23.0 Å². The molecule has 0 bridgehead atoms. The van der Waals surface area contributed by atoms with E-state index in [1.54, 1.807) is 22.8 Å². The van der Waals surface area contributed by atoms with Crippen molar-refractivity contribution in [1.82, 2.24) is 4.57 Å². The lowest BCUT2D eigenvalue weighted by atomic mass is 10.1. The monoisotopic (exact) mass is 271 g/mol. The predicted molar refractivity (Wildman–Crippen MR) is 74.8 cm³/mol. The fraction of sp³-hybridized carbons (Fsp3) is 0.200. The third-order valence-electron chi connectivity index (χ3n) is 2.96. The second kappa shape index (κ2) is 5.59. The normalized spacial score (nSPS) is 10.1. The number of fused-ring (bicyclic) bond motifs is 1. The van der Waals surface area contributed by atoms with Crippen molar-refractivity contribution in [2.45, 2.75) is 13.5 Å². The molecular weight excluding hydrogens is 258 g/mol. The maximum Gasteiger partial charge on any atom is 0.341 e. The first-order chi connectivity index (χ1) is 9.58. The van der Waals surface area contributed by atoms with E-state index >= 15 is 0 Å². The Morgan fingerprint density at radius 2 is 2.15 bits per heavy atom. The summed E-state index contributed by atoms with van der Waals surface area (Å²) in [6, 6.07) is 5.02. The number of aryl methyl sites for hydroxylation is 1. The summed E-state index contributed by atoms with van der Waals surface area (Å²) < 4.78 is 1.71. The second-order valence-electron chi connectivity index (χ2n) is 4.15. The summed E-state index contributed by atoms with van der Waals surface area (Å²) in [4.78, 5) is 23.3. The van der Waals surface area contributed by atoms with Crippen LogP contribution in [0.2, 0.25) is 0 Å². The number of aliphatic hydroxyl groups is 1. The number of carboxylic acids is 1. The van der Waals surface area contributed by atoms with Gasteiger partial charge >= 0.3 is 5.97 Å². The number of aromatic carboxylic acids is 1. The molecule has 2 N–H and O–H groups in total. The molecular formula is C15H13NO4. The van der Waals surface area contributed by atoms with E-state index in [2.05, 4.69) is 11.8 Å². The van der Waals surface area contributed by atoms with Crippen molar-refractivity contribution in [1.29, 1.82) is 0 Å². The molecule has 0 aliphatic carbocycles. The number of aliphatic hydroxyl groups excluding tert-OH is 1. The first kappa shape index (κ1) is 13.8. The van der Waals surface area contributed by atoms with Gasteiger partial charge in [-0.2, -0.15) is 0 Å². The van der Waals surface area contributed by atoms with Crippen LogP contribution in [-0.4, -0.2) is 27.4 Å². The molecule has 2 aromatic rings. The van der Waals surface area contributed by atoms with Crippen LogP contribution in [-0.2, 0) is 6.54 Å². The summed E-state index contributed by atoms with van der Waals surface area (Å²) in [7, 11) is 0. The van der Waals surface area contributed by atoms with Gasteiger partial charge in [-0.05, 0) is 25.1 Å². The average Bonchev–Trinajstić information content (AvgIpc) is 2.45. The third-order valence-corrected chi connectivity index (χ3v) is 2.96. The lowest BCUT2D eigenvalue weighted by Crippen LogP contribution is -2.18. The zero-order valence-electron chi connectivity index (χ0n) is 10.9. The zero-order valence-corrected chi connectivity index (χ0v) is 10.9. The Labute approximate surface area is 115 Å². The van der Waals surface area contributed by atoms with E-state index < -0.39 is 11.4 Å². The van der Waals surface area contributed by atoms with Gasteiger partial charge in [0.15, 0.2) is 0 Å². The number of rotatable bonds is 2. The van der Waals surface area contributed by atoms with Gasteiger partial charge in [0.25, 0.3) is 0 Å². The molecule has 1 aromatic heterocycles.